The summed E-state index contributed by atoms with van der Waals surface area (Å²) in [6.45, 7) is 0.373. The summed E-state index contributed by atoms with van der Waals surface area (Å²) in [6.07, 6.45) is 0.668. The molecule has 0 saturated heterocycles. The molecule has 0 spiro atoms. The fourth-order valence-electron chi connectivity index (χ4n) is 7.39. The molecule has 16 N–H and O–H groups in total. The average molecular weight is 1040 g/mol. The minimum absolute atomic E-state index is 0.0364. The summed E-state index contributed by atoms with van der Waals surface area (Å²) in [5.41, 5.74) is 14.5. The monoisotopic (exact) mass is 1040 g/mol. The minimum atomic E-state index is -1.73. The normalized spacial score (nSPS) is 14.9. The van der Waals surface area contributed by atoms with Crippen molar-refractivity contribution in [1.29, 1.82) is 0 Å². The van der Waals surface area contributed by atoms with Gasteiger partial charge in [0.05, 0.1) is 18.8 Å². The fourth-order valence-corrected chi connectivity index (χ4v) is 7.91. The molecule has 7 amide bonds. The topological polar surface area (TPSA) is 370 Å². The van der Waals surface area contributed by atoms with E-state index in [2.05, 4.69) is 67.5 Å². The Morgan fingerprint density at radius 2 is 1.08 bits per heavy atom. The van der Waals surface area contributed by atoms with E-state index in [1.165, 1.54) is 24.3 Å². The Bertz CT molecular complexity index is 2460. The van der Waals surface area contributed by atoms with Crippen LogP contribution in [-0.2, 0) is 57.6 Å². The van der Waals surface area contributed by atoms with E-state index in [0.29, 0.717) is 34.9 Å². The third-order valence-electron chi connectivity index (χ3n) is 11.4. The molecule has 0 radical (unpaired) electrons. The molecule has 0 bridgehead atoms. The second-order valence-electron chi connectivity index (χ2n) is 17.0. The lowest BCUT2D eigenvalue weighted by molar-refractivity contribution is -0.145. The van der Waals surface area contributed by atoms with Crippen LogP contribution >= 0.6 is 25.3 Å². The number of phenols is 1. The number of aliphatic hydroxyl groups excluding tert-OH is 2. The first-order valence-corrected chi connectivity index (χ1v) is 24.3. The molecular formula is C48H64N10O12S2. The van der Waals surface area contributed by atoms with Crippen molar-refractivity contribution in [2.24, 2.45) is 11.5 Å². The molecule has 24 heteroatoms. The lowest BCUT2D eigenvalue weighted by atomic mass is 10.0. The number of carboxylic acids is 1. The van der Waals surface area contributed by atoms with E-state index in [0.717, 1.165) is 12.5 Å². The highest BCUT2D eigenvalue weighted by Crippen LogP contribution is 2.20. The van der Waals surface area contributed by atoms with Gasteiger partial charge in [-0.1, -0.05) is 60.7 Å². The predicted molar refractivity (Wildman–Crippen MR) is 272 cm³/mol. The number of aliphatic carboxylic acids is 1. The summed E-state index contributed by atoms with van der Waals surface area (Å²) < 4.78 is 0. The smallest absolute Gasteiger partial charge is 0.328 e. The molecule has 22 nitrogen and oxygen atoms in total. The van der Waals surface area contributed by atoms with Crippen molar-refractivity contribution in [3.8, 4) is 5.75 Å². The number of phenolic OH excluding ortho intramolecular Hbond substituents is 1. The van der Waals surface area contributed by atoms with Gasteiger partial charge in [0.1, 0.15) is 42.0 Å². The number of unbranched alkanes of at least 4 members (excludes halogenated alkanes) is 1. The number of aromatic amines is 1. The van der Waals surface area contributed by atoms with Crippen LogP contribution in [0.3, 0.4) is 0 Å². The van der Waals surface area contributed by atoms with Crippen molar-refractivity contribution >= 4 is 83.5 Å². The van der Waals surface area contributed by atoms with Crippen LogP contribution in [0.15, 0.2) is 85.1 Å². The second kappa shape index (κ2) is 29.0. The van der Waals surface area contributed by atoms with Crippen LogP contribution in [0.5, 0.6) is 5.75 Å². The number of nitrogens with two attached hydrogens (primary N) is 2. The van der Waals surface area contributed by atoms with Crippen molar-refractivity contribution < 1.29 is 58.8 Å². The number of nitrogens with one attached hydrogen (secondary N) is 8. The molecule has 9 atom stereocenters. The number of rotatable bonds is 29. The highest BCUT2D eigenvalue weighted by molar-refractivity contribution is 7.80. The van der Waals surface area contributed by atoms with Crippen LogP contribution in [0.4, 0.5) is 0 Å². The molecule has 4 aromatic rings. The number of carbonyl (C=O) groups is 8. The van der Waals surface area contributed by atoms with E-state index in [9.17, 15) is 58.8 Å². The van der Waals surface area contributed by atoms with E-state index >= 15 is 0 Å². The number of aromatic hydroxyl groups is 1. The molecule has 0 aliphatic carbocycles. The Balaban J connectivity index is 1.61. The molecular weight excluding hydrogens is 973 g/mol. The number of aliphatic hydroxyl groups is 2. The summed E-state index contributed by atoms with van der Waals surface area (Å²) in [6, 6.07) is 10.6. The number of aromatic nitrogens is 1. The Labute approximate surface area is 426 Å². The van der Waals surface area contributed by atoms with Gasteiger partial charge < -0.3 is 74.1 Å². The van der Waals surface area contributed by atoms with Crippen molar-refractivity contribution in [2.75, 3.05) is 24.7 Å². The van der Waals surface area contributed by atoms with Crippen LogP contribution in [0.1, 0.15) is 42.9 Å². The number of thiol groups is 2. The Kier molecular flexibility index (Phi) is 23.3. The summed E-state index contributed by atoms with van der Waals surface area (Å²) in [5, 5.41) is 57.5. The highest BCUT2D eigenvalue weighted by Gasteiger charge is 2.35. The third-order valence-corrected chi connectivity index (χ3v) is 12.2. The zero-order chi connectivity index (χ0) is 52.9. The Morgan fingerprint density at radius 3 is 1.67 bits per heavy atom. The molecule has 0 unspecified atom stereocenters. The first-order chi connectivity index (χ1) is 34.4. The standard InChI is InChI=1S/C48H64N10O12S2/c1-26(60)40(48(69)70)58-47(68)39(25-72)57-45(66)37(23-59)55-42(63)34(13-7-8-18-49)52-44(65)36(21-29-22-51-33-12-6-5-11-31(29)33)54-43(64)35(20-28-14-16-30(61)17-15-28)53-46(67)38(24-71)56-41(62)32(50)19-27-9-3-2-4-10-27/h2-6,9-12,14-17,22,26,32,34-40,51,59-61,71-72H,7-8,13,18-21,23-25,49-50H2,1H3,(H,52,65)(H,53,67)(H,54,64)(H,55,63)(H,56,62)(H,57,66)(H,58,68)(H,69,70)/t26-,32+,34+,35+,36+,37+,38+,39+,40+/m1/s1. The molecule has 3 aromatic carbocycles. The SMILES string of the molecule is C[C@@H](O)[C@H](NC(=O)[C@H](CS)NC(=O)[C@H](CO)NC(=O)[C@H](CCCCN)NC(=O)[C@H](Cc1c[nH]c2ccccc12)NC(=O)[C@H](Cc1ccc(O)cc1)NC(=O)[C@H](CS)NC(=O)[C@@H](N)Cc1ccccc1)C(=O)O. The summed E-state index contributed by atoms with van der Waals surface area (Å²) >= 11 is 8.35. The number of carbonyl (C=O) groups excluding carboxylic acids is 7. The van der Waals surface area contributed by atoms with Gasteiger partial charge in [-0.15, -0.1) is 0 Å². The summed E-state index contributed by atoms with van der Waals surface area (Å²) in [7, 11) is 0. The molecule has 0 aliphatic heterocycles. The first kappa shape index (κ1) is 57.9. The zero-order valence-corrected chi connectivity index (χ0v) is 41.2. The van der Waals surface area contributed by atoms with E-state index in [1.54, 1.807) is 54.7 Å². The Morgan fingerprint density at radius 1 is 0.597 bits per heavy atom. The molecule has 0 fully saturated rings. The molecule has 72 heavy (non-hydrogen) atoms. The van der Waals surface area contributed by atoms with Gasteiger partial charge in [0, 0.05) is 41.4 Å². The maximum atomic E-state index is 14.6. The van der Waals surface area contributed by atoms with Gasteiger partial charge >= 0.3 is 5.97 Å². The van der Waals surface area contributed by atoms with Gasteiger partial charge in [-0.05, 0) is 74.0 Å². The van der Waals surface area contributed by atoms with E-state index < -0.39 is 108 Å². The quantitative estimate of drug-likeness (QED) is 0.0208. The molecule has 0 aliphatic rings. The average Bonchev–Trinajstić information content (AvgIpc) is 3.77. The van der Waals surface area contributed by atoms with Gasteiger partial charge in [-0.2, -0.15) is 25.3 Å². The number of hydrogen-bond acceptors (Lipinski definition) is 15. The van der Waals surface area contributed by atoms with Gasteiger partial charge in [0.2, 0.25) is 41.4 Å². The maximum Gasteiger partial charge on any atom is 0.328 e. The predicted octanol–water partition coefficient (Wildman–Crippen LogP) is -1.93. The molecule has 0 saturated carbocycles. The van der Waals surface area contributed by atoms with E-state index in [-0.39, 0.29) is 49.5 Å². The molecule has 390 valence electrons. The molecule has 1 heterocycles. The van der Waals surface area contributed by atoms with Crippen molar-refractivity contribution in [2.45, 2.75) is 99.9 Å². The van der Waals surface area contributed by atoms with Gasteiger partial charge in [0.25, 0.3) is 0 Å². The van der Waals surface area contributed by atoms with Gasteiger partial charge in [0.15, 0.2) is 6.04 Å². The van der Waals surface area contributed by atoms with Gasteiger partial charge in [-0.3, -0.25) is 33.6 Å². The Hall–Kier alpha value is -6.70. The summed E-state index contributed by atoms with van der Waals surface area (Å²) in [4.78, 5) is 111. The van der Waals surface area contributed by atoms with Gasteiger partial charge in [-0.25, -0.2) is 4.79 Å². The second-order valence-corrected chi connectivity index (χ2v) is 17.7. The van der Waals surface area contributed by atoms with E-state index in [4.69, 9.17) is 11.5 Å². The van der Waals surface area contributed by atoms with E-state index in [1.807, 2.05) is 6.07 Å². The molecule has 4 rings (SSSR count). The number of amides is 7. The first-order valence-electron chi connectivity index (χ1n) is 23.1. The lowest BCUT2D eigenvalue weighted by Gasteiger charge is -2.27. The largest absolute Gasteiger partial charge is 0.508 e. The third kappa shape index (κ3) is 17.6. The summed E-state index contributed by atoms with van der Waals surface area (Å²) in [5.74, 6) is -8.36. The van der Waals surface area contributed by atoms with Crippen LogP contribution in [-0.4, -0.2) is 152 Å². The van der Waals surface area contributed by atoms with Crippen molar-refractivity contribution in [1.82, 2.24) is 42.2 Å². The fraction of sp³-hybridized carbons (Fsp3) is 0.417. The number of fused-ring (bicyclic) bond motifs is 1. The lowest BCUT2D eigenvalue weighted by Crippen LogP contribution is -2.61. The van der Waals surface area contributed by atoms with Crippen LogP contribution < -0.4 is 48.7 Å². The van der Waals surface area contributed by atoms with Crippen molar-refractivity contribution in [3.05, 3.63) is 102 Å². The number of para-hydroxylation sites is 1. The van der Waals surface area contributed by atoms with Crippen molar-refractivity contribution in [3.63, 3.8) is 0 Å². The minimum Gasteiger partial charge on any atom is -0.508 e. The number of hydrogen-bond donors (Lipinski definition) is 16. The number of carboxylic acid groups (broad SMARTS) is 1. The number of benzene rings is 3. The molecule has 1 aromatic heterocycles. The number of H-pyrrole nitrogens is 1. The zero-order valence-electron chi connectivity index (χ0n) is 39.5. The highest BCUT2D eigenvalue weighted by atomic mass is 32.1. The van der Waals surface area contributed by atoms with Crippen LogP contribution in [0.2, 0.25) is 0 Å². The van der Waals surface area contributed by atoms with Crippen LogP contribution in [0, 0.1) is 0 Å². The maximum absolute atomic E-state index is 14.6. The van der Waals surface area contributed by atoms with Crippen LogP contribution in [0.25, 0.3) is 10.9 Å².